The van der Waals surface area contributed by atoms with E-state index in [9.17, 15) is 13.8 Å². The Bertz CT molecular complexity index is 804. The molecule has 0 saturated carbocycles. The van der Waals surface area contributed by atoms with E-state index in [1.165, 1.54) is 12.1 Å². The van der Waals surface area contributed by atoms with Crippen LogP contribution >= 0.6 is 0 Å². The Morgan fingerprint density at radius 3 is 2.42 bits per heavy atom. The lowest BCUT2D eigenvalue weighted by molar-refractivity contribution is -0.115. The van der Waals surface area contributed by atoms with E-state index in [1.807, 2.05) is 13.0 Å². The zero-order valence-corrected chi connectivity index (χ0v) is 15.4. The molecule has 0 radical (unpaired) electrons. The number of anilines is 1. The van der Waals surface area contributed by atoms with Gasteiger partial charge >= 0.3 is 5.97 Å². The largest absolute Gasteiger partial charge is 0.492 e. The first-order valence-electron chi connectivity index (χ1n) is 8.14. The van der Waals surface area contributed by atoms with Crippen molar-refractivity contribution in [2.45, 2.75) is 24.9 Å². The predicted molar refractivity (Wildman–Crippen MR) is 101 cm³/mol. The van der Waals surface area contributed by atoms with Crippen LogP contribution in [0.25, 0.3) is 0 Å². The van der Waals surface area contributed by atoms with Gasteiger partial charge in [0.05, 0.1) is 17.9 Å². The highest BCUT2D eigenvalue weighted by Crippen LogP contribution is 2.24. The number of amides is 1. The van der Waals surface area contributed by atoms with E-state index >= 15 is 0 Å². The maximum Gasteiger partial charge on any atom is 0.335 e. The van der Waals surface area contributed by atoms with Crippen molar-refractivity contribution in [3.8, 4) is 5.75 Å². The molecule has 0 aliphatic heterocycles. The molecule has 7 heteroatoms. The molecule has 0 heterocycles. The topological polar surface area (TPSA) is 92.7 Å². The summed E-state index contributed by atoms with van der Waals surface area (Å²) in [5.74, 6) is -0.650. The molecule has 2 unspecified atom stereocenters. The number of aromatic carboxylic acids is 1. The molecule has 138 valence electrons. The van der Waals surface area contributed by atoms with Crippen LogP contribution in [0.4, 0.5) is 5.69 Å². The van der Waals surface area contributed by atoms with Crippen LogP contribution in [0.3, 0.4) is 0 Å². The zero-order chi connectivity index (χ0) is 19.1. The Morgan fingerprint density at radius 1 is 1.15 bits per heavy atom. The zero-order valence-electron chi connectivity index (χ0n) is 14.6. The van der Waals surface area contributed by atoms with Crippen molar-refractivity contribution < 1.29 is 23.6 Å². The van der Waals surface area contributed by atoms with Crippen LogP contribution < -0.4 is 10.1 Å². The van der Waals surface area contributed by atoms with Gasteiger partial charge in [0.1, 0.15) is 11.0 Å². The lowest BCUT2D eigenvalue weighted by Gasteiger charge is -2.15. The van der Waals surface area contributed by atoms with Gasteiger partial charge in [-0.15, -0.1) is 0 Å². The summed E-state index contributed by atoms with van der Waals surface area (Å²) < 4.78 is 17.9. The highest BCUT2D eigenvalue weighted by Gasteiger charge is 2.21. The number of nitrogens with one attached hydrogen (secondary N) is 1. The molecule has 2 aromatic carbocycles. The van der Waals surface area contributed by atoms with Gasteiger partial charge in [-0.05, 0) is 43.7 Å². The van der Waals surface area contributed by atoms with Gasteiger partial charge in [0.2, 0.25) is 5.91 Å². The number of benzene rings is 2. The molecule has 26 heavy (non-hydrogen) atoms. The molecule has 2 rings (SSSR count). The molecule has 1 amide bonds. The SMILES string of the molecule is CCOc1ccccc1NC(=O)C(C)S(=O)Cc1ccc(C(=O)O)cc1. The third kappa shape index (κ3) is 5.16. The maximum absolute atomic E-state index is 12.5. The lowest BCUT2D eigenvalue weighted by Crippen LogP contribution is -2.30. The van der Waals surface area contributed by atoms with Crippen molar-refractivity contribution in [2.24, 2.45) is 0 Å². The number of carboxylic acids is 1. The minimum atomic E-state index is -1.45. The quantitative estimate of drug-likeness (QED) is 0.740. The third-order valence-corrected chi connectivity index (χ3v) is 5.34. The number of para-hydroxylation sites is 2. The molecular formula is C19H21NO5S. The van der Waals surface area contributed by atoms with Crippen molar-refractivity contribution in [3.05, 3.63) is 59.7 Å². The summed E-state index contributed by atoms with van der Waals surface area (Å²) in [5, 5.41) is 10.9. The fourth-order valence-electron chi connectivity index (χ4n) is 2.24. The molecule has 2 atom stereocenters. The van der Waals surface area contributed by atoms with Crippen LogP contribution in [0.15, 0.2) is 48.5 Å². The van der Waals surface area contributed by atoms with E-state index in [1.54, 1.807) is 37.3 Å². The van der Waals surface area contributed by atoms with Gasteiger partial charge in [-0.2, -0.15) is 0 Å². The normalized spacial score (nSPS) is 12.8. The molecule has 0 aromatic heterocycles. The summed E-state index contributed by atoms with van der Waals surface area (Å²) in [6, 6.07) is 13.2. The molecule has 0 spiro atoms. The van der Waals surface area contributed by atoms with Gasteiger partial charge in [-0.3, -0.25) is 9.00 Å². The second-order valence-electron chi connectivity index (χ2n) is 5.59. The molecular weight excluding hydrogens is 354 g/mol. The van der Waals surface area contributed by atoms with E-state index in [4.69, 9.17) is 9.84 Å². The highest BCUT2D eigenvalue weighted by molar-refractivity contribution is 7.85. The summed E-state index contributed by atoms with van der Waals surface area (Å²) in [5.41, 5.74) is 1.41. The van der Waals surface area contributed by atoms with Gasteiger partial charge in [0.25, 0.3) is 0 Å². The molecule has 0 saturated heterocycles. The first-order chi connectivity index (χ1) is 12.4. The fourth-order valence-corrected chi connectivity index (χ4v) is 3.31. The van der Waals surface area contributed by atoms with E-state index in [0.29, 0.717) is 23.6 Å². The van der Waals surface area contributed by atoms with E-state index in [2.05, 4.69) is 5.32 Å². The molecule has 0 aliphatic rings. The summed E-state index contributed by atoms with van der Waals surface area (Å²) in [4.78, 5) is 23.3. The van der Waals surface area contributed by atoms with Crippen LogP contribution in [0, 0.1) is 0 Å². The average Bonchev–Trinajstić information content (AvgIpc) is 2.63. The van der Waals surface area contributed by atoms with Crippen molar-refractivity contribution in [3.63, 3.8) is 0 Å². The first kappa shape index (κ1) is 19.7. The summed E-state index contributed by atoms with van der Waals surface area (Å²) >= 11 is 0. The monoisotopic (exact) mass is 375 g/mol. The van der Waals surface area contributed by atoms with E-state index in [0.717, 1.165) is 0 Å². The van der Waals surface area contributed by atoms with E-state index < -0.39 is 22.0 Å². The minimum absolute atomic E-state index is 0.165. The van der Waals surface area contributed by atoms with Crippen LogP contribution in [0.5, 0.6) is 5.75 Å². The number of hydrogen-bond acceptors (Lipinski definition) is 4. The van der Waals surface area contributed by atoms with Crippen LogP contribution in [-0.2, 0) is 21.3 Å². The first-order valence-corrected chi connectivity index (χ1v) is 9.52. The van der Waals surface area contributed by atoms with Crippen molar-refractivity contribution >= 4 is 28.4 Å². The number of ether oxygens (including phenoxy) is 1. The summed E-state index contributed by atoms with van der Waals surface area (Å²) in [7, 11) is -1.45. The fraction of sp³-hybridized carbons (Fsp3) is 0.263. The van der Waals surface area contributed by atoms with Crippen LogP contribution in [0.1, 0.15) is 29.8 Å². The van der Waals surface area contributed by atoms with E-state index in [-0.39, 0.29) is 17.2 Å². The molecule has 2 N–H and O–H groups in total. The van der Waals surface area contributed by atoms with Crippen molar-refractivity contribution in [1.29, 1.82) is 0 Å². The average molecular weight is 375 g/mol. The van der Waals surface area contributed by atoms with Gasteiger partial charge < -0.3 is 15.2 Å². The Kier molecular flexibility index (Phi) is 6.91. The summed E-state index contributed by atoms with van der Waals surface area (Å²) in [6.45, 7) is 3.92. The standard InChI is InChI=1S/C19H21NO5S/c1-3-25-17-7-5-4-6-16(17)20-18(21)13(2)26(24)12-14-8-10-15(11-9-14)19(22)23/h4-11,13H,3,12H2,1-2H3,(H,20,21)(H,22,23). The number of carbonyl (C=O) groups is 2. The van der Waals surface area contributed by atoms with Crippen LogP contribution in [0.2, 0.25) is 0 Å². The van der Waals surface area contributed by atoms with Gasteiger partial charge in [-0.25, -0.2) is 4.79 Å². The third-order valence-electron chi connectivity index (χ3n) is 3.72. The molecule has 0 bridgehead atoms. The van der Waals surface area contributed by atoms with Crippen molar-refractivity contribution in [1.82, 2.24) is 0 Å². The molecule has 2 aromatic rings. The Balaban J connectivity index is 2.01. The second kappa shape index (κ2) is 9.15. The van der Waals surface area contributed by atoms with Gasteiger partial charge in [-0.1, -0.05) is 24.3 Å². The van der Waals surface area contributed by atoms with Gasteiger partial charge in [0.15, 0.2) is 0 Å². The van der Waals surface area contributed by atoms with Crippen LogP contribution in [-0.4, -0.2) is 33.0 Å². The Labute approximate surface area is 154 Å². The maximum atomic E-state index is 12.5. The smallest absolute Gasteiger partial charge is 0.335 e. The molecule has 6 nitrogen and oxygen atoms in total. The van der Waals surface area contributed by atoms with Gasteiger partial charge in [0, 0.05) is 16.6 Å². The number of rotatable bonds is 8. The lowest BCUT2D eigenvalue weighted by atomic mass is 10.1. The molecule has 0 fully saturated rings. The number of carboxylic acid groups (broad SMARTS) is 1. The second-order valence-corrected chi connectivity index (χ2v) is 7.35. The number of carbonyl (C=O) groups excluding carboxylic acids is 1. The Hall–Kier alpha value is -2.67. The minimum Gasteiger partial charge on any atom is -0.492 e. The number of hydrogen-bond donors (Lipinski definition) is 2. The molecule has 0 aliphatic carbocycles. The Morgan fingerprint density at radius 2 is 1.81 bits per heavy atom. The predicted octanol–water partition coefficient (Wildman–Crippen LogP) is 3.06. The van der Waals surface area contributed by atoms with Crippen molar-refractivity contribution in [2.75, 3.05) is 11.9 Å². The summed E-state index contributed by atoms with van der Waals surface area (Å²) in [6.07, 6.45) is 0. The highest BCUT2D eigenvalue weighted by atomic mass is 32.2.